The molecule has 3 aromatic heterocycles. The van der Waals surface area contributed by atoms with Gasteiger partial charge in [0, 0.05) is 77.5 Å². The van der Waals surface area contributed by atoms with Gasteiger partial charge in [-0.05, 0) is 66.6 Å². The van der Waals surface area contributed by atoms with E-state index in [1.165, 1.54) is 29.7 Å². The Morgan fingerprint density at radius 2 is 1.28 bits per heavy atom. The summed E-state index contributed by atoms with van der Waals surface area (Å²) in [7, 11) is -0.371. The fourth-order valence-corrected chi connectivity index (χ4v) is 9.39. The molecule has 0 saturated heterocycles. The van der Waals surface area contributed by atoms with E-state index >= 15 is 0 Å². The molecule has 67 heavy (non-hydrogen) atoms. The van der Waals surface area contributed by atoms with Crippen molar-refractivity contribution in [3.63, 3.8) is 0 Å². The molecular weight excluding hydrogens is 869 g/mol. The van der Waals surface area contributed by atoms with Crippen LogP contribution in [0.4, 0.5) is 5.69 Å². The number of fused-ring (bicyclic) bond motifs is 8. The van der Waals surface area contributed by atoms with Gasteiger partial charge in [0.15, 0.2) is 12.3 Å². The fourth-order valence-electron chi connectivity index (χ4n) is 8.92. The van der Waals surface area contributed by atoms with Crippen LogP contribution in [0.3, 0.4) is 0 Å². The van der Waals surface area contributed by atoms with Crippen LogP contribution in [0.5, 0.6) is 17.2 Å². The summed E-state index contributed by atoms with van der Waals surface area (Å²) in [5.74, 6) is 3.39. The zero-order valence-electron chi connectivity index (χ0n) is 37.5. The number of rotatable bonds is 18. The molecule has 4 heterocycles. The zero-order chi connectivity index (χ0) is 46.1. The largest absolute Gasteiger partial charge is 0.744 e. The Kier molecular flexibility index (Phi) is 12.2. The van der Waals surface area contributed by atoms with Crippen molar-refractivity contribution < 1.29 is 45.6 Å². The molecule has 13 nitrogen and oxygen atoms in total. The van der Waals surface area contributed by atoms with Crippen molar-refractivity contribution in [1.82, 2.24) is 9.13 Å². The number of nitrogens with zero attached hydrogens (tertiary/aromatic N) is 4. The molecule has 10 rings (SSSR count). The van der Waals surface area contributed by atoms with Gasteiger partial charge in [-0.25, -0.2) is 8.42 Å². The first kappa shape index (κ1) is 43.8. The Morgan fingerprint density at radius 3 is 1.96 bits per heavy atom. The third kappa shape index (κ3) is 8.84. The maximum Gasteiger partial charge on any atom is 0.374 e. The van der Waals surface area contributed by atoms with Gasteiger partial charge in [-0.3, -0.25) is 0 Å². The summed E-state index contributed by atoms with van der Waals surface area (Å²) in [5.41, 5.74) is 8.10. The highest BCUT2D eigenvalue weighted by molar-refractivity contribution is 7.85. The number of benzene rings is 6. The lowest BCUT2D eigenvalue weighted by molar-refractivity contribution is -0.679. The Bertz CT molecular complexity index is 3440. The summed E-state index contributed by atoms with van der Waals surface area (Å²) in [6, 6.07) is 40.6. The average molecular weight is 919 g/mol. The average Bonchev–Trinajstić information content (AvgIpc) is 4.03. The first-order chi connectivity index (χ1) is 32.6. The molecule has 1 aliphatic heterocycles. The van der Waals surface area contributed by atoms with Crippen LogP contribution in [0.15, 0.2) is 154 Å². The Balaban J connectivity index is 0.943. The number of ether oxygens (including phenoxy) is 5. The quantitative estimate of drug-likeness (QED) is 0.0466. The van der Waals surface area contributed by atoms with Crippen molar-refractivity contribution in [2.75, 3.05) is 51.1 Å². The number of anilines is 1. The molecule has 9 aromatic rings. The van der Waals surface area contributed by atoms with Gasteiger partial charge in [0.25, 0.3) is 5.52 Å². The van der Waals surface area contributed by atoms with Gasteiger partial charge in [-0.1, -0.05) is 61.5 Å². The van der Waals surface area contributed by atoms with E-state index in [2.05, 4.69) is 125 Å². The first-order valence-electron chi connectivity index (χ1n) is 22.4. The highest BCUT2D eigenvalue weighted by Crippen LogP contribution is 2.44. The molecule has 0 saturated carbocycles. The van der Waals surface area contributed by atoms with E-state index < -0.39 is 10.1 Å². The standard InChI is InChI=1S/C53H50N4O9S/c1-4-36(30-52-56(22-24-61-26-28-63-37-12-6-5-7-13-37)48-32-42-40-14-8-10-16-44(40)54(2)46(42)34-50(48)65-52)31-53-57(23-25-62-27-29-64-38-18-20-39(21-19-38)67(58,59)60)49-33-43-41-15-9-11-17-45(41)55(3)47(43)35-51(49)66-53/h5-21,30-35H,4,22-29H2,1-3H3. The number of hydrogen-bond donors (Lipinski definition) is 0. The highest BCUT2D eigenvalue weighted by Gasteiger charge is 2.29. The summed E-state index contributed by atoms with van der Waals surface area (Å²) in [4.78, 5) is 1.89. The minimum absolute atomic E-state index is 0.231. The molecule has 0 unspecified atom stereocenters. The van der Waals surface area contributed by atoms with Gasteiger partial charge in [-0.15, -0.1) is 0 Å². The Hall–Kier alpha value is -7.10. The van der Waals surface area contributed by atoms with Crippen molar-refractivity contribution in [2.45, 2.75) is 24.8 Å². The second-order valence-corrected chi connectivity index (χ2v) is 17.8. The lowest BCUT2D eigenvalue weighted by Gasteiger charge is -2.19. The molecular formula is C53H50N4O9S. The number of allylic oxidation sites excluding steroid dienone is 2. The van der Waals surface area contributed by atoms with Gasteiger partial charge in [-0.2, -0.15) is 4.57 Å². The third-order valence-corrected chi connectivity index (χ3v) is 13.2. The number of para-hydroxylation sites is 3. The van der Waals surface area contributed by atoms with Crippen LogP contribution in [0, 0.1) is 0 Å². The van der Waals surface area contributed by atoms with E-state index in [0.29, 0.717) is 63.5 Å². The van der Waals surface area contributed by atoms with Crippen LogP contribution >= 0.6 is 0 Å². The van der Waals surface area contributed by atoms with Crippen molar-refractivity contribution in [1.29, 1.82) is 0 Å². The summed E-state index contributed by atoms with van der Waals surface area (Å²) >= 11 is 0. The molecule has 0 spiro atoms. The summed E-state index contributed by atoms with van der Waals surface area (Å²) < 4.78 is 77.9. The maximum atomic E-state index is 11.3. The van der Waals surface area contributed by atoms with Crippen molar-refractivity contribution in [3.8, 4) is 17.2 Å². The molecule has 0 N–H and O–H groups in total. The molecule has 342 valence electrons. The van der Waals surface area contributed by atoms with Gasteiger partial charge in [0.2, 0.25) is 11.5 Å². The second-order valence-electron chi connectivity index (χ2n) is 16.4. The SMILES string of the molecule is CCC(=Cc1oc2cc3c(cc2[n+]1CCOCCOc1ccc(S(=O)(=O)[O-])cc1)c1ccccc1n3C)C=C1Oc2cc3c(cc2N1CCOCCOc1ccccc1)c1ccccc1n3C. The van der Waals surface area contributed by atoms with Crippen LogP contribution in [0.1, 0.15) is 19.2 Å². The van der Waals surface area contributed by atoms with E-state index in [1.54, 1.807) is 0 Å². The van der Waals surface area contributed by atoms with Gasteiger partial charge in [0.1, 0.15) is 41.4 Å². The van der Waals surface area contributed by atoms with Crippen LogP contribution in [-0.2, 0) is 40.2 Å². The molecule has 0 bridgehead atoms. The monoisotopic (exact) mass is 918 g/mol. The molecule has 0 amide bonds. The minimum atomic E-state index is -4.54. The van der Waals surface area contributed by atoms with Crippen molar-refractivity contribution in [2.24, 2.45) is 14.1 Å². The van der Waals surface area contributed by atoms with Crippen LogP contribution in [-0.4, -0.2) is 68.3 Å². The van der Waals surface area contributed by atoms with E-state index in [-0.39, 0.29) is 18.1 Å². The third-order valence-electron chi connectivity index (χ3n) is 12.3. The summed E-state index contributed by atoms with van der Waals surface area (Å²) in [5, 5.41) is 4.62. The predicted molar refractivity (Wildman–Crippen MR) is 259 cm³/mol. The molecule has 0 radical (unpaired) electrons. The topological polar surface area (TPSA) is 133 Å². The predicted octanol–water partition coefficient (Wildman–Crippen LogP) is 9.64. The van der Waals surface area contributed by atoms with E-state index in [9.17, 15) is 13.0 Å². The normalized spacial score (nSPS) is 13.8. The maximum absolute atomic E-state index is 11.3. The zero-order valence-corrected chi connectivity index (χ0v) is 38.3. The van der Waals surface area contributed by atoms with Crippen LogP contribution < -0.4 is 23.7 Å². The Morgan fingerprint density at radius 1 is 0.672 bits per heavy atom. The number of oxazole rings is 1. The first-order valence-corrected chi connectivity index (χ1v) is 23.8. The molecule has 0 atom stereocenters. The number of aromatic nitrogens is 3. The lowest BCUT2D eigenvalue weighted by Crippen LogP contribution is -2.38. The van der Waals surface area contributed by atoms with E-state index in [1.807, 2.05) is 30.3 Å². The van der Waals surface area contributed by atoms with Gasteiger partial charge >= 0.3 is 5.89 Å². The molecule has 1 aliphatic rings. The van der Waals surface area contributed by atoms with Gasteiger partial charge in [0.05, 0.1) is 47.5 Å². The molecule has 14 heteroatoms. The molecule has 6 aromatic carbocycles. The summed E-state index contributed by atoms with van der Waals surface area (Å²) in [6.07, 6.45) is 4.86. The van der Waals surface area contributed by atoms with Crippen LogP contribution in [0.2, 0.25) is 0 Å². The van der Waals surface area contributed by atoms with E-state index in [0.717, 1.165) is 72.1 Å². The fraction of sp³-hybridized carbons (Fsp3) is 0.226. The Labute approximate surface area is 387 Å². The lowest BCUT2D eigenvalue weighted by atomic mass is 10.1. The van der Waals surface area contributed by atoms with Crippen molar-refractivity contribution in [3.05, 3.63) is 151 Å². The highest BCUT2D eigenvalue weighted by atomic mass is 32.2. The number of hydrogen-bond acceptors (Lipinski definition) is 10. The van der Waals surface area contributed by atoms with E-state index in [4.69, 9.17) is 28.1 Å². The smallest absolute Gasteiger partial charge is 0.374 e. The van der Waals surface area contributed by atoms with Crippen molar-refractivity contribution >= 4 is 76.6 Å². The second kappa shape index (κ2) is 18.6. The minimum Gasteiger partial charge on any atom is -0.744 e. The number of aryl methyl sites for hydroxylation is 2. The summed E-state index contributed by atoms with van der Waals surface area (Å²) in [6.45, 7) is 5.36. The van der Waals surface area contributed by atoms with Crippen LogP contribution in [0.25, 0.3) is 60.8 Å². The molecule has 0 fully saturated rings. The molecule has 0 aliphatic carbocycles. The van der Waals surface area contributed by atoms with Gasteiger partial charge < -0.3 is 46.7 Å².